The van der Waals surface area contributed by atoms with Crippen molar-refractivity contribution in [3.8, 4) is 17.1 Å². The highest BCUT2D eigenvalue weighted by atomic mass is 16.5. The van der Waals surface area contributed by atoms with Gasteiger partial charge in [-0.2, -0.15) is 4.98 Å². The molecule has 3 rings (SSSR count). The van der Waals surface area contributed by atoms with E-state index in [1.165, 1.54) is 0 Å². The molecule has 6 heteroatoms. The van der Waals surface area contributed by atoms with Gasteiger partial charge in [0.15, 0.2) is 5.82 Å². The van der Waals surface area contributed by atoms with Gasteiger partial charge in [0.2, 0.25) is 5.95 Å². The van der Waals surface area contributed by atoms with Crippen LogP contribution in [0, 0.1) is 6.92 Å². The zero-order valence-corrected chi connectivity index (χ0v) is 12.5. The fourth-order valence-electron chi connectivity index (χ4n) is 2.62. The summed E-state index contributed by atoms with van der Waals surface area (Å²) in [7, 11) is 1.66. The molecule has 1 aromatic heterocycles. The molecule has 0 spiro atoms. The molecule has 0 unspecified atom stereocenters. The van der Waals surface area contributed by atoms with E-state index >= 15 is 0 Å². The van der Waals surface area contributed by atoms with Crippen LogP contribution in [-0.2, 0) is 0 Å². The molecule has 0 radical (unpaired) electrons. The lowest BCUT2D eigenvalue weighted by Gasteiger charge is -2.28. The van der Waals surface area contributed by atoms with E-state index in [1.54, 1.807) is 7.11 Å². The van der Waals surface area contributed by atoms with Gasteiger partial charge in [0.25, 0.3) is 0 Å². The highest BCUT2D eigenvalue weighted by Gasteiger charge is 2.20. The second kappa shape index (κ2) is 5.73. The lowest BCUT2D eigenvalue weighted by atomic mass is 10.1. The number of nitrogens with zero attached hydrogens (tertiary/aromatic N) is 3. The van der Waals surface area contributed by atoms with Crippen molar-refractivity contribution >= 4 is 5.95 Å². The Bertz CT molecular complexity index is 616. The Kier molecular flexibility index (Phi) is 3.79. The van der Waals surface area contributed by atoms with Crippen molar-refractivity contribution < 1.29 is 4.74 Å². The molecule has 1 aliphatic rings. The van der Waals surface area contributed by atoms with Crippen LogP contribution in [0.1, 0.15) is 18.4 Å². The van der Waals surface area contributed by atoms with Gasteiger partial charge in [-0.05, 0) is 31.9 Å². The van der Waals surface area contributed by atoms with Crippen molar-refractivity contribution in [2.75, 3.05) is 25.1 Å². The number of rotatable bonds is 3. The highest BCUT2D eigenvalue weighted by Crippen LogP contribution is 2.29. The summed E-state index contributed by atoms with van der Waals surface area (Å²) < 4.78 is 5.41. The summed E-state index contributed by atoms with van der Waals surface area (Å²) in [5, 5.41) is 7.36. The Morgan fingerprint density at radius 3 is 2.81 bits per heavy atom. The predicted octanol–water partition coefficient (Wildman–Crippen LogP) is 1.72. The Morgan fingerprint density at radius 1 is 1.33 bits per heavy atom. The maximum Gasteiger partial charge on any atom is 0.245 e. The monoisotopic (exact) mass is 287 g/mol. The molecule has 112 valence electrons. The Hall–Kier alpha value is -2.08. The molecule has 3 N–H and O–H groups in total. The molecule has 0 bridgehead atoms. The number of anilines is 1. The van der Waals surface area contributed by atoms with E-state index in [4.69, 9.17) is 10.5 Å². The lowest BCUT2D eigenvalue weighted by molar-refractivity contribution is 0.416. The van der Waals surface area contributed by atoms with E-state index in [0.29, 0.717) is 6.04 Å². The minimum absolute atomic E-state index is 0.302. The number of hydrogen-bond acceptors (Lipinski definition) is 5. The summed E-state index contributed by atoms with van der Waals surface area (Å²) in [6.45, 7) is 3.86. The van der Waals surface area contributed by atoms with Gasteiger partial charge in [-0.3, -0.25) is 5.10 Å². The van der Waals surface area contributed by atoms with Crippen molar-refractivity contribution in [1.82, 2.24) is 15.2 Å². The number of aromatic nitrogens is 3. The number of methoxy groups -OCH3 is 1. The molecular formula is C15H21N5O. The van der Waals surface area contributed by atoms with Crippen LogP contribution in [0.2, 0.25) is 0 Å². The second-order valence-electron chi connectivity index (χ2n) is 5.51. The maximum atomic E-state index is 5.93. The standard InChI is InChI=1S/C15H21N5O/c1-10-3-4-13(21-2)12(9-10)14-17-15(19-18-14)20-7-5-11(16)6-8-20/h3-4,9,11H,5-8,16H2,1-2H3,(H,17,18,19). The first-order valence-corrected chi connectivity index (χ1v) is 7.25. The lowest BCUT2D eigenvalue weighted by Crippen LogP contribution is -2.40. The molecule has 1 saturated heterocycles. The van der Waals surface area contributed by atoms with Crippen LogP contribution in [-0.4, -0.2) is 41.4 Å². The fraction of sp³-hybridized carbons (Fsp3) is 0.467. The highest BCUT2D eigenvalue weighted by molar-refractivity contribution is 5.65. The minimum atomic E-state index is 0.302. The number of hydrogen-bond donors (Lipinski definition) is 2. The Balaban J connectivity index is 1.86. The molecule has 0 atom stereocenters. The molecule has 1 aromatic carbocycles. The van der Waals surface area contributed by atoms with E-state index < -0.39 is 0 Å². The van der Waals surface area contributed by atoms with Gasteiger partial charge in [0.1, 0.15) is 5.75 Å². The molecule has 1 aliphatic heterocycles. The summed E-state index contributed by atoms with van der Waals surface area (Å²) in [6.07, 6.45) is 1.97. The van der Waals surface area contributed by atoms with Gasteiger partial charge in [-0.15, -0.1) is 5.10 Å². The number of nitrogens with two attached hydrogens (primary N) is 1. The Labute approximate surface area is 124 Å². The van der Waals surface area contributed by atoms with Gasteiger partial charge in [0, 0.05) is 19.1 Å². The quantitative estimate of drug-likeness (QED) is 0.898. The molecule has 6 nitrogen and oxygen atoms in total. The van der Waals surface area contributed by atoms with Gasteiger partial charge >= 0.3 is 0 Å². The number of aryl methyl sites for hydroxylation is 1. The van der Waals surface area contributed by atoms with Crippen LogP contribution in [0.4, 0.5) is 5.95 Å². The normalized spacial score (nSPS) is 16.2. The van der Waals surface area contributed by atoms with Crippen LogP contribution >= 0.6 is 0 Å². The number of piperidine rings is 1. The van der Waals surface area contributed by atoms with Crippen LogP contribution in [0.3, 0.4) is 0 Å². The zero-order chi connectivity index (χ0) is 14.8. The number of benzene rings is 1. The zero-order valence-electron chi connectivity index (χ0n) is 12.5. The van der Waals surface area contributed by atoms with Crippen LogP contribution in [0.5, 0.6) is 5.75 Å². The third kappa shape index (κ3) is 2.85. The number of nitrogens with one attached hydrogen (secondary N) is 1. The van der Waals surface area contributed by atoms with Crippen molar-refractivity contribution in [3.63, 3.8) is 0 Å². The van der Waals surface area contributed by atoms with Crippen molar-refractivity contribution in [2.45, 2.75) is 25.8 Å². The van der Waals surface area contributed by atoms with E-state index in [9.17, 15) is 0 Å². The van der Waals surface area contributed by atoms with Crippen molar-refractivity contribution in [3.05, 3.63) is 23.8 Å². The van der Waals surface area contributed by atoms with E-state index in [2.05, 4.69) is 26.1 Å². The number of H-pyrrole nitrogens is 1. The molecule has 0 aliphatic carbocycles. The van der Waals surface area contributed by atoms with E-state index in [0.717, 1.165) is 54.6 Å². The van der Waals surface area contributed by atoms with Crippen LogP contribution in [0.25, 0.3) is 11.4 Å². The third-order valence-electron chi connectivity index (χ3n) is 3.91. The molecule has 0 saturated carbocycles. The predicted molar refractivity (Wildman–Crippen MR) is 82.5 cm³/mol. The van der Waals surface area contributed by atoms with Crippen molar-refractivity contribution in [2.24, 2.45) is 5.73 Å². The molecule has 0 amide bonds. The molecule has 21 heavy (non-hydrogen) atoms. The first-order chi connectivity index (χ1) is 10.2. The van der Waals surface area contributed by atoms with Crippen molar-refractivity contribution in [1.29, 1.82) is 0 Å². The van der Waals surface area contributed by atoms with Gasteiger partial charge in [0.05, 0.1) is 12.7 Å². The first kappa shape index (κ1) is 13.9. The molecule has 2 heterocycles. The fourth-order valence-corrected chi connectivity index (χ4v) is 2.62. The van der Waals surface area contributed by atoms with Gasteiger partial charge in [-0.1, -0.05) is 11.6 Å². The summed E-state index contributed by atoms with van der Waals surface area (Å²) in [5.74, 6) is 2.27. The third-order valence-corrected chi connectivity index (χ3v) is 3.91. The smallest absolute Gasteiger partial charge is 0.245 e. The first-order valence-electron chi connectivity index (χ1n) is 7.25. The Morgan fingerprint density at radius 2 is 2.10 bits per heavy atom. The summed E-state index contributed by atoms with van der Waals surface area (Å²) in [6, 6.07) is 6.32. The second-order valence-corrected chi connectivity index (χ2v) is 5.51. The topological polar surface area (TPSA) is 80.1 Å². The SMILES string of the molecule is COc1ccc(C)cc1-c1nc(N2CCC(N)CC2)n[nH]1. The average molecular weight is 287 g/mol. The van der Waals surface area contributed by atoms with Gasteiger partial charge < -0.3 is 15.4 Å². The summed E-state index contributed by atoms with van der Waals surface area (Å²) in [5.41, 5.74) is 8.03. The maximum absolute atomic E-state index is 5.93. The average Bonchev–Trinajstić information content (AvgIpc) is 2.97. The number of aromatic amines is 1. The molecule has 2 aromatic rings. The van der Waals surface area contributed by atoms with E-state index in [-0.39, 0.29) is 0 Å². The van der Waals surface area contributed by atoms with Gasteiger partial charge in [-0.25, -0.2) is 0 Å². The number of ether oxygens (including phenoxy) is 1. The van der Waals surface area contributed by atoms with Crippen LogP contribution < -0.4 is 15.4 Å². The minimum Gasteiger partial charge on any atom is -0.496 e. The molecular weight excluding hydrogens is 266 g/mol. The summed E-state index contributed by atoms with van der Waals surface area (Å²) >= 11 is 0. The largest absolute Gasteiger partial charge is 0.496 e. The van der Waals surface area contributed by atoms with Crippen LogP contribution in [0.15, 0.2) is 18.2 Å². The summed E-state index contributed by atoms with van der Waals surface area (Å²) in [4.78, 5) is 6.79. The van der Waals surface area contributed by atoms with E-state index in [1.807, 2.05) is 19.1 Å². The molecule has 1 fully saturated rings.